The lowest BCUT2D eigenvalue weighted by Crippen LogP contribution is -2.45. The van der Waals surface area contributed by atoms with Crippen LogP contribution in [0.4, 0.5) is 0 Å². The van der Waals surface area contributed by atoms with Crippen molar-refractivity contribution < 1.29 is 24.5 Å². The fourth-order valence-electron chi connectivity index (χ4n) is 11.0. The van der Waals surface area contributed by atoms with E-state index in [4.69, 9.17) is 4.74 Å². The molecule has 0 aromatic heterocycles. The molecule has 0 aromatic carbocycles. The van der Waals surface area contributed by atoms with Gasteiger partial charge in [0.25, 0.3) is 0 Å². The van der Waals surface area contributed by atoms with Gasteiger partial charge < -0.3 is 20.3 Å². The van der Waals surface area contributed by atoms with Gasteiger partial charge in [-0.1, -0.05) is 326 Å². The summed E-state index contributed by atoms with van der Waals surface area (Å²) in [6, 6.07) is -0.541. The van der Waals surface area contributed by atoms with Crippen LogP contribution in [0.2, 0.25) is 0 Å². The Morgan fingerprint density at radius 1 is 0.359 bits per heavy atom. The van der Waals surface area contributed by atoms with Crippen LogP contribution in [-0.4, -0.2) is 47.4 Å². The third kappa shape index (κ3) is 63.3. The molecule has 6 heteroatoms. The number of hydrogen-bond acceptors (Lipinski definition) is 5. The van der Waals surface area contributed by atoms with Crippen LogP contribution < -0.4 is 5.32 Å². The van der Waals surface area contributed by atoms with E-state index >= 15 is 0 Å². The van der Waals surface area contributed by atoms with Crippen molar-refractivity contribution in [2.24, 2.45) is 0 Å². The van der Waals surface area contributed by atoms with E-state index in [-0.39, 0.29) is 18.5 Å². The van der Waals surface area contributed by atoms with Crippen LogP contribution in [0.15, 0.2) is 36.5 Å². The zero-order valence-electron chi connectivity index (χ0n) is 52.7. The molecule has 2 atom stereocenters. The molecule has 0 aliphatic carbocycles. The van der Waals surface area contributed by atoms with Gasteiger partial charge in [0.1, 0.15) is 0 Å². The number of rotatable bonds is 66. The normalized spacial score (nSPS) is 12.7. The Morgan fingerprint density at radius 3 is 0.987 bits per heavy atom. The second-order valence-corrected chi connectivity index (χ2v) is 24.2. The first-order valence-electron chi connectivity index (χ1n) is 35.2. The van der Waals surface area contributed by atoms with Crippen LogP contribution in [0.25, 0.3) is 0 Å². The van der Waals surface area contributed by atoms with Gasteiger partial charge >= 0.3 is 5.97 Å². The molecule has 0 saturated carbocycles. The first kappa shape index (κ1) is 76.1. The van der Waals surface area contributed by atoms with E-state index in [2.05, 4.69) is 55.6 Å². The van der Waals surface area contributed by atoms with Crippen LogP contribution in [0, 0.1) is 0 Å². The van der Waals surface area contributed by atoms with E-state index in [0.29, 0.717) is 25.9 Å². The average molecular weight is 1100 g/mol. The molecule has 460 valence electrons. The predicted octanol–water partition coefficient (Wildman–Crippen LogP) is 22.7. The lowest BCUT2D eigenvalue weighted by Gasteiger charge is -2.22. The van der Waals surface area contributed by atoms with Gasteiger partial charge in [0, 0.05) is 12.8 Å². The summed E-state index contributed by atoms with van der Waals surface area (Å²) in [4.78, 5) is 24.6. The number of esters is 1. The van der Waals surface area contributed by atoms with E-state index in [0.717, 1.165) is 51.4 Å². The summed E-state index contributed by atoms with van der Waals surface area (Å²) in [5.41, 5.74) is 0. The molecule has 0 aliphatic heterocycles. The first-order valence-corrected chi connectivity index (χ1v) is 35.2. The molecule has 0 heterocycles. The minimum atomic E-state index is -0.664. The lowest BCUT2D eigenvalue weighted by atomic mass is 10.0. The number of carbonyl (C=O) groups excluding carboxylic acids is 2. The first-order chi connectivity index (χ1) is 38.5. The molecule has 78 heavy (non-hydrogen) atoms. The summed E-state index contributed by atoms with van der Waals surface area (Å²) in [7, 11) is 0. The number of aliphatic hydroxyl groups excluding tert-OH is 2. The van der Waals surface area contributed by atoms with E-state index in [1.165, 1.54) is 302 Å². The highest BCUT2D eigenvalue weighted by Gasteiger charge is 2.20. The Bertz CT molecular complexity index is 1260. The van der Waals surface area contributed by atoms with Gasteiger partial charge in [-0.3, -0.25) is 9.59 Å². The van der Waals surface area contributed by atoms with Gasteiger partial charge in [-0.15, -0.1) is 0 Å². The number of carbonyl (C=O) groups is 2. The fraction of sp³-hybridized carbons (Fsp3) is 0.889. The van der Waals surface area contributed by atoms with Crippen LogP contribution in [0.5, 0.6) is 0 Å². The molecule has 0 aliphatic rings. The lowest BCUT2D eigenvalue weighted by molar-refractivity contribution is -0.143. The van der Waals surface area contributed by atoms with Crippen molar-refractivity contribution in [2.45, 2.75) is 398 Å². The summed E-state index contributed by atoms with van der Waals surface area (Å²) < 4.78 is 5.48. The second kappa shape index (κ2) is 67.6. The highest BCUT2D eigenvalue weighted by Crippen LogP contribution is 2.18. The largest absolute Gasteiger partial charge is 0.466 e. The standard InChI is InChI=1S/C72H137NO5/c1-3-5-7-9-11-13-15-17-19-37-40-44-48-52-56-60-64-70(75)69(68-74)73-71(76)65-61-57-53-49-45-41-38-35-33-31-29-27-25-23-21-20-22-24-26-28-30-32-34-36-39-43-47-51-55-59-63-67-78-72(77)66-62-58-54-50-46-42-18-16-14-12-10-8-6-4-2/h16,18,22,24,28,30,69-70,74-75H,3-15,17,19-21,23,25-27,29,31-68H2,1-2H3,(H,73,76)/b18-16-,24-22-,30-28-. The Balaban J connectivity index is 3.39. The average Bonchev–Trinajstić information content (AvgIpc) is 3.44. The number of nitrogens with one attached hydrogen (secondary N) is 1. The van der Waals surface area contributed by atoms with Crippen molar-refractivity contribution in [3.63, 3.8) is 0 Å². The van der Waals surface area contributed by atoms with Gasteiger partial charge in [0.15, 0.2) is 0 Å². The minimum absolute atomic E-state index is 0.00495. The fourth-order valence-corrected chi connectivity index (χ4v) is 11.0. The molecule has 3 N–H and O–H groups in total. The van der Waals surface area contributed by atoms with Gasteiger partial charge in [0.2, 0.25) is 5.91 Å². The highest BCUT2D eigenvalue weighted by atomic mass is 16.5. The summed E-state index contributed by atoms with van der Waals surface area (Å²) >= 11 is 0. The van der Waals surface area contributed by atoms with Gasteiger partial charge in [-0.05, 0) is 83.5 Å². The summed E-state index contributed by atoms with van der Waals surface area (Å²) in [6.45, 7) is 4.97. The summed E-state index contributed by atoms with van der Waals surface area (Å²) in [6.07, 6.45) is 86.2. The van der Waals surface area contributed by atoms with Crippen molar-refractivity contribution in [3.05, 3.63) is 36.5 Å². The monoisotopic (exact) mass is 1100 g/mol. The predicted molar refractivity (Wildman–Crippen MR) is 343 cm³/mol. The number of amides is 1. The topological polar surface area (TPSA) is 95.9 Å². The van der Waals surface area contributed by atoms with Crippen molar-refractivity contribution >= 4 is 11.9 Å². The molecule has 1 amide bonds. The smallest absolute Gasteiger partial charge is 0.305 e. The van der Waals surface area contributed by atoms with Crippen molar-refractivity contribution in [3.8, 4) is 0 Å². The molecule has 0 aromatic rings. The molecule has 0 bridgehead atoms. The van der Waals surface area contributed by atoms with E-state index in [1.54, 1.807) is 0 Å². The van der Waals surface area contributed by atoms with Crippen LogP contribution in [0.1, 0.15) is 386 Å². The number of ether oxygens (including phenoxy) is 1. The van der Waals surface area contributed by atoms with Gasteiger partial charge in [-0.2, -0.15) is 0 Å². The van der Waals surface area contributed by atoms with Crippen molar-refractivity contribution in [1.29, 1.82) is 0 Å². The van der Waals surface area contributed by atoms with Crippen LogP contribution in [0.3, 0.4) is 0 Å². The molecule has 6 nitrogen and oxygen atoms in total. The number of hydrogen-bond donors (Lipinski definition) is 3. The zero-order valence-corrected chi connectivity index (χ0v) is 52.7. The Hall–Kier alpha value is -1.92. The molecule has 0 fully saturated rings. The maximum Gasteiger partial charge on any atom is 0.305 e. The maximum atomic E-state index is 12.5. The molecule has 0 rings (SSSR count). The highest BCUT2D eigenvalue weighted by molar-refractivity contribution is 5.76. The zero-order chi connectivity index (χ0) is 56.4. The van der Waals surface area contributed by atoms with Crippen molar-refractivity contribution in [2.75, 3.05) is 13.2 Å². The summed E-state index contributed by atoms with van der Waals surface area (Å²) in [5.74, 6) is -0.0266. The van der Waals surface area contributed by atoms with E-state index < -0.39 is 12.1 Å². The van der Waals surface area contributed by atoms with Crippen molar-refractivity contribution in [1.82, 2.24) is 5.32 Å². The van der Waals surface area contributed by atoms with Crippen LogP contribution >= 0.6 is 0 Å². The molecular weight excluding hydrogens is 959 g/mol. The third-order valence-electron chi connectivity index (χ3n) is 16.4. The maximum absolute atomic E-state index is 12.5. The quantitative estimate of drug-likeness (QED) is 0.0320. The Morgan fingerprint density at radius 2 is 0.641 bits per heavy atom. The van der Waals surface area contributed by atoms with E-state index in [9.17, 15) is 19.8 Å². The van der Waals surface area contributed by atoms with Crippen LogP contribution in [-0.2, 0) is 14.3 Å². The summed E-state index contributed by atoms with van der Waals surface area (Å²) in [5, 5.41) is 23.3. The molecule has 2 unspecified atom stereocenters. The Kier molecular flexibility index (Phi) is 65.9. The van der Waals surface area contributed by atoms with Gasteiger partial charge in [-0.25, -0.2) is 0 Å². The number of allylic oxidation sites excluding steroid dienone is 6. The van der Waals surface area contributed by atoms with E-state index in [1.807, 2.05) is 0 Å². The Labute approximate surface area is 487 Å². The second-order valence-electron chi connectivity index (χ2n) is 24.2. The molecular formula is C72H137NO5. The minimum Gasteiger partial charge on any atom is -0.466 e. The molecule has 0 radical (unpaired) electrons. The van der Waals surface area contributed by atoms with Gasteiger partial charge in [0.05, 0.1) is 25.4 Å². The number of aliphatic hydroxyl groups is 2. The molecule has 0 saturated heterocycles. The number of unbranched alkanes of at least 4 members (excludes halogenated alkanes) is 49. The molecule has 0 spiro atoms. The third-order valence-corrected chi connectivity index (χ3v) is 16.4. The SMILES string of the molecule is CCCCCCC/C=C\CCCCCCCC(=O)OCCCCCCCCCCC/C=C\C/C=C\CCCCCCCCCCCCCCCCCC(=O)NC(CO)C(O)CCCCCCCCCCCCCCCCCC.